The Balaban J connectivity index is -0.00000000500. The summed E-state index contributed by atoms with van der Waals surface area (Å²) in [4.78, 5) is 0. The zero-order valence-corrected chi connectivity index (χ0v) is 4.25. The van der Waals surface area contributed by atoms with E-state index in [9.17, 15) is 0 Å². The average Bonchev–Trinajstić information content (AvgIpc) is 1.50. The van der Waals surface area contributed by atoms with E-state index < -0.39 is 0 Å². The van der Waals surface area contributed by atoms with Gasteiger partial charge >= 0.3 is 77.1 Å². The molecule has 0 unspecified atom stereocenters. The van der Waals surface area contributed by atoms with Crippen molar-refractivity contribution in [2.45, 2.75) is 0 Å². The molecule has 0 spiro atoms. The summed E-state index contributed by atoms with van der Waals surface area (Å²) in [6.07, 6.45) is 0. The Morgan fingerprint density at radius 2 is 1.17 bits per heavy atom. The molecule has 6 heteroatoms. The van der Waals surface area contributed by atoms with Crippen molar-refractivity contribution in [2.24, 2.45) is 0 Å². The predicted molar refractivity (Wildman–Crippen MR) is 13.5 cm³/mol. The summed E-state index contributed by atoms with van der Waals surface area (Å²) in [6.45, 7) is 0. The molecule has 6 heavy (non-hydrogen) atoms. The molecule has 0 aliphatic heterocycles. The van der Waals surface area contributed by atoms with Gasteiger partial charge in [0.25, 0.3) is 0 Å². The van der Waals surface area contributed by atoms with Crippen molar-refractivity contribution >= 4 is 37.7 Å². The van der Waals surface area contributed by atoms with Gasteiger partial charge in [0, 0.05) is 0 Å². The summed E-state index contributed by atoms with van der Waals surface area (Å²) < 4.78 is 16.0. The monoisotopic (exact) mass is 206 g/mol. The van der Waals surface area contributed by atoms with E-state index >= 15 is 0 Å². The van der Waals surface area contributed by atoms with Gasteiger partial charge in [0.2, 0.25) is 0 Å². The molecule has 0 bridgehead atoms. The Morgan fingerprint density at radius 3 is 1.17 bits per heavy atom. The summed E-state index contributed by atoms with van der Waals surface area (Å²) in [5.74, 6) is 0. The molecule has 0 amide bonds. The number of hydrogen-bond acceptors (Lipinski definition) is 2. The molecule has 0 rings (SSSR count). The normalized spacial score (nSPS) is 1.50. The molecule has 0 aromatic heterocycles. The van der Waals surface area contributed by atoms with Crippen molar-refractivity contribution < 1.29 is 44.8 Å². The van der Waals surface area contributed by atoms with Crippen molar-refractivity contribution in [1.29, 1.82) is 0 Å². The summed E-state index contributed by atoms with van der Waals surface area (Å²) in [6, 6.07) is 0. The Hall–Kier alpha value is 1.85. The maximum atomic E-state index is 8.06. The van der Waals surface area contributed by atoms with Gasteiger partial charge in [-0.15, -0.1) is 0 Å². The minimum atomic E-state index is 0. The van der Waals surface area contributed by atoms with E-state index in [0.717, 1.165) is 0 Å². The zero-order chi connectivity index (χ0) is 4.00. The van der Waals surface area contributed by atoms with Crippen LogP contribution in [0.15, 0.2) is 0 Å². The number of hydrogen-bond donors (Lipinski definition) is 0. The van der Waals surface area contributed by atoms with Crippen LogP contribution in [0.4, 0.5) is 0 Å². The van der Waals surface area contributed by atoms with Crippen LogP contribution in [-0.4, -0.2) is 43.2 Å². The van der Waals surface area contributed by atoms with Gasteiger partial charge in [0.1, 0.15) is 0 Å². The summed E-state index contributed by atoms with van der Waals surface area (Å²) in [5.41, 5.74) is 0. The third kappa shape index (κ3) is 40.3. The Bertz CT molecular complexity index is 12.8. The van der Waals surface area contributed by atoms with E-state index in [2.05, 4.69) is 15.7 Å². The van der Waals surface area contributed by atoms with Crippen LogP contribution in [-0.2, 0) is 39.3 Å². The fourth-order valence-electron chi connectivity index (χ4n) is 0. The van der Waals surface area contributed by atoms with Crippen molar-refractivity contribution in [3.05, 3.63) is 0 Å². The minimum absolute atomic E-state index is 0. The molecule has 0 aliphatic rings. The van der Waals surface area contributed by atoms with Crippen LogP contribution in [0.3, 0.4) is 0 Å². The molecule has 0 aromatic rings. The van der Waals surface area contributed by atoms with E-state index in [1.165, 1.54) is 0 Å². The molecular weight excluding hydrogens is 202 g/mol. The molecule has 0 saturated heterocycles. The molecule has 0 aliphatic carbocycles. The van der Waals surface area contributed by atoms with Crippen molar-refractivity contribution in [2.75, 3.05) is 0 Å². The Kier molecular flexibility index (Phi) is 285. The van der Waals surface area contributed by atoms with Gasteiger partial charge in [-0.1, -0.05) is 0 Å². The molecule has 2 N–H and O–H groups in total. The van der Waals surface area contributed by atoms with Gasteiger partial charge < -0.3 is 5.48 Å². The Morgan fingerprint density at radius 1 is 1.17 bits per heavy atom. The van der Waals surface area contributed by atoms with Gasteiger partial charge in [-0.05, 0) is 0 Å². The number of rotatable bonds is 0. The fraction of sp³-hybridized carbons (Fsp3) is 0. The second kappa shape index (κ2) is 68.7. The third-order valence-electron chi connectivity index (χ3n) is 0. The van der Waals surface area contributed by atoms with Crippen LogP contribution < -0.4 is 0 Å². The van der Waals surface area contributed by atoms with Gasteiger partial charge in [0.05, 0.1) is 0 Å². The quantitative estimate of drug-likeness (QED) is 0.431. The van der Waals surface area contributed by atoms with Crippen molar-refractivity contribution in [3.8, 4) is 0 Å². The van der Waals surface area contributed by atoms with Gasteiger partial charge in [-0.25, -0.2) is 0 Å². The van der Waals surface area contributed by atoms with Crippen LogP contribution in [0, 0.1) is 0 Å². The standard InChI is InChI=1S/Ca.Co.Mn.H2O.2O.2H/h;;;1H2;;;;. The van der Waals surface area contributed by atoms with Crippen LogP contribution in [0.1, 0.15) is 0 Å². The predicted octanol–water partition coefficient (Wildman–Crippen LogP) is -1.98. The summed E-state index contributed by atoms with van der Waals surface area (Å²) in [5, 5.41) is 0. The second-order valence-corrected chi connectivity index (χ2v) is 0. The molecule has 0 saturated carbocycles. The first-order valence-corrected chi connectivity index (χ1v) is 1.20. The van der Waals surface area contributed by atoms with Crippen LogP contribution in [0.25, 0.3) is 0 Å². The van der Waals surface area contributed by atoms with Gasteiger partial charge in [0.15, 0.2) is 0 Å². The fourth-order valence-corrected chi connectivity index (χ4v) is 0. The van der Waals surface area contributed by atoms with E-state index in [1.807, 2.05) is 0 Å². The first-order valence-electron chi connectivity index (χ1n) is 0.290. The van der Waals surface area contributed by atoms with E-state index in [1.54, 1.807) is 15.9 Å². The molecule has 0 aromatic carbocycles. The van der Waals surface area contributed by atoms with E-state index in [-0.39, 0.29) is 43.2 Å². The molecule has 3 nitrogen and oxygen atoms in total. The Labute approximate surface area is 81.4 Å². The summed E-state index contributed by atoms with van der Waals surface area (Å²) >= 11 is 4.00. The van der Waals surface area contributed by atoms with E-state index in [0.29, 0.717) is 0 Å². The SMILES string of the molecule is O.[CaH2].[O]=[Co].[O]=[Mn]. The first kappa shape index (κ1) is 24.9. The first-order chi connectivity index (χ1) is 2.00. The molecule has 0 atom stereocenters. The van der Waals surface area contributed by atoms with E-state index in [4.69, 9.17) is 7.70 Å². The molecular formula is H4CaCoMnO3. The topological polar surface area (TPSA) is 65.6 Å². The second-order valence-electron chi connectivity index (χ2n) is 0. The molecule has 0 heterocycles. The van der Waals surface area contributed by atoms with Crippen LogP contribution >= 0.6 is 0 Å². The average molecular weight is 206 g/mol. The van der Waals surface area contributed by atoms with Crippen LogP contribution in [0.2, 0.25) is 0 Å². The summed E-state index contributed by atoms with van der Waals surface area (Å²) in [7, 11) is 0. The molecule has 40 valence electrons. The van der Waals surface area contributed by atoms with Crippen molar-refractivity contribution in [3.63, 3.8) is 0 Å². The molecule has 0 radical (unpaired) electrons. The van der Waals surface area contributed by atoms with Gasteiger partial charge in [-0.2, -0.15) is 0 Å². The molecule has 0 fully saturated rings. The maximum absolute atomic E-state index is 8.06. The third-order valence-corrected chi connectivity index (χ3v) is 0. The van der Waals surface area contributed by atoms with Crippen molar-refractivity contribution in [1.82, 2.24) is 0 Å². The van der Waals surface area contributed by atoms with Crippen LogP contribution in [0.5, 0.6) is 0 Å². The zero-order valence-electron chi connectivity index (χ0n) is 2.03. The van der Waals surface area contributed by atoms with Gasteiger partial charge in [-0.3, -0.25) is 0 Å².